The first-order chi connectivity index (χ1) is 18.1. The minimum atomic E-state index is -0.245. The van der Waals surface area contributed by atoms with Crippen molar-refractivity contribution in [3.8, 4) is 5.82 Å². The van der Waals surface area contributed by atoms with Gasteiger partial charge in [-0.15, -0.1) is 0 Å². The molecule has 198 valence electrons. The lowest BCUT2D eigenvalue weighted by molar-refractivity contribution is -0.0395. The second-order valence-corrected chi connectivity index (χ2v) is 11.9. The van der Waals surface area contributed by atoms with Gasteiger partial charge in [0.2, 0.25) is 0 Å². The first-order valence-corrected chi connectivity index (χ1v) is 14.7. The van der Waals surface area contributed by atoms with Crippen LogP contribution in [0, 0.1) is 3.70 Å². The second kappa shape index (κ2) is 9.65. The number of aliphatic hydroxyl groups excluding tert-OH is 1. The number of ether oxygens (including phenoxy) is 2. The number of aromatic nitrogens is 5. The predicted octanol–water partition coefficient (Wildman–Crippen LogP) is 3.64. The molecule has 4 fully saturated rings. The van der Waals surface area contributed by atoms with E-state index in [-0.39, 0.29) is 18.4 Å². The van der Waals surface area contributed by atoms with Crippen LogP contribution in [0.2, 0.25) is 0 Å². The molecule has 0 radical (unpaired) electrons. The molecule has 11 heteroatoms. The molecule has 0 aromatic carbocycles. The van der Waals surface area contributed by atoms with Crippen molar-refractivity contribution in [1.29, 1.82) is 0 Å². The number of nitrogens with zero attached hydrogens (tertiary/aromatic N) is 7. The highest BCUT2D eigenvalue weighted by atomic mass is 127. The van der Waals surface area contributed by atoms with Crippen LogP contribution in [0.5, 0.6) is 0 Å². The van der Waals surface area contributed by atoms with Crippen LogP contribution in [-0.4, -0.2) is 80.2 Å². The van der Waals surface area contributed by atoms with E-state index in [2.05, 4.69) is 45.4 Å². The highest BCUT2D eigenvalue weighted by Crippen LogP contribution is 2.40. The zero-order valence-electron chi connectivity index (χ0n) is 21.2. The maximum atomic E-state index is 10.3. The van der Waals surface area contributed by atoms with E-state index in [4.69, 9.17) is 24.7 Å². The van der Waals surface area contributed by atoms with E-state index in [9.17, 15) is 5.11 Å². The van der Waals surface area contributed by atoms with Crippen molar-refractivity contribution < 1.29 is 14.6 Å². The second-order valence-electron chi connectivity index (χ2n) is 10.9. The van der Waals surface area contributed by atoms with Crippen molar-refractivity contribution in [3.63, 3.8) is 0 Å². The van der Waals surface area contributed by atoms with E-state index in [1.807, 2.05) is 21.6 Å². The van der Waals surface area contributed by atoms with Gasteiger partial charge in [0, 0.05) is 37.5 Å². The van der Waals surface area contributed by atoms with Gasteiger partial charge >= 0.3 is 0 Å². The van der Waals surface area contributed by atoms with Crippen molar-refractivity contribution in [2.75, 3.05) is 36.2 Å². The molecule has 7 heterocycles. The number of aliphatic hydroxyl groups is 1. The van der Waals surface area contributed by atoms with E-state index in [0.29, 0.717) is 12.1 Å². The first kappa shape index (κ1) is 24.1. The maximum absolute atomic E-state index is 10.3. The smallest absolute Gasteiger partial charge is 0.177 e. The Balaban J connectivity index is 1.36. The lowest BCUT2D eigenvalue weighted by Gasteiger charge is -2.39. The van der Waals surface area contributed by atoms with Crippen molar-refractivity contribution in [3.05, 3.63) is 22.0 Å². The van der Waals surface area contributed by atoms with Crippen LogP contribution in [-0.2, 0) is 9.47 Å². The Morgan fingerprint density at radius 3 is 2.65 bits per heavy atom. The van der Waals surface area contributed by atoms with Crippen molar-refractivity contribution in [2.24, 2.45) is 0 Å². The number of fused-ring (bicyclic) bond motifs is 3. The lowest BCUT2D eigenvalue weighted by Crippen LogP contribution is -2.46. The summed E-state index contributed by atoms with van der Waals surface area (Å²) in [6, 6.07) is 5.21. The van der Waals surface area contributed by atoms with Gasteiger partial charge in [0.1, 0.15) is 15.7 Å². The van der Waals surface area contributed by atoms with Crippen LogP contribution in [0.15, 0.2) is 18.3 Å². The molecule has 7 rings (SSSR count). The molecular formula is C26H34IN7O3. The summed E-state index contributed by atoms with van der Waals surface area (Å²) in [5, 5.41) is 21.2. The van der Waals surface area contributed by atoms with Gasteiger partial charge in [0.15, 0.2) is 11.5 Å². The first-order valence-electron chi connectivity index (χ1n) is 13.6. The minimum absolute atomic E-state index is 0.0212. The van der Waals surface area contributed by atoms with Crippen LogP contribution < -0.4 is 9.80 Å². The summed E-state index contributed by atoms with van der Waals surface area (Å²) >= 11 is 2.33. The van der Waals surface area contributed by atoms with E-state index in [0.717, 1.165) is 103 Å². The number of pyridine rings is 1. The molecule has 0 amide bonds. The van der Waals surface area contributed by atoms with Gasteiger partial charge in [-0.2, -0.15) is 14.9 Å². The standard InChI is InChI=1S/C26H34IN7O3/c1-16-12-19(35)7-9-31(16)20-13-22(33-17-5-6-18(33)15-36-14-17)28-26-24(20)25(27)30-34(26)21-8-10-32(29-21)23-4-2-3-11-37-23/h8,10,13,16-19,23,35H,2-7,9,11-12,14-15H2,1H3/t16-,17?,18?,19?,23?/m1/s1. The van der Waals surface area contributed by atoms with Crippen LogP contribution in [0.25, 0.3) is 16.9 Å². The average molecular weight is 620 g/mol. The summed E-state index contributed by atoms with van der Waals surface area (Å²) in [5.74, 6) is 1.74. The van der Waals surface area contributed by atoms with E-state index < -0.39 is 0 Å². The number of piperidine rings is 1. The molecular weight excluding hydrogens is 585 g/mol. The third-order valence-electron chi connectivity index (χ3n) is 8.49. The molecule has 4 saturated heterocycles. The van der Waals surface area contributed by atoms with Gasteiger partial charge < -0.3 is 24.4 Å². The SMILES string of the molecule is C[C@@H]1CC(O)CCN1c1cc(N2C3CCC2COC3)nc2c1c(I)nn2-c1ccn(C2CCCCO2)n1. The summed E-state index contributed by atoms with van der Waals surface area (Å²) in [6.45, 7) is 5.30. The molecule has 0 spiro atoms. The van der Waals surface area contributed by atoms with Crippen LogP contribution in [0.4, 0.5) is 11.5 Å². The Labute approximate surface area is 230 Å². The Morgan fingerprint density at radius 2 is 1.89 bits per heavy atom. The third kappa shape index (κ3) is 4.22. The molecule has 0 saturated carbocycles. The normalized spacial score (nSPS) is 30.4. The van der Waals surface area contributed by atoms with Crippen molar-refractivity contribution >= 4 is 45.1 Å². The monoisotopic (exact) mass is 619 g/mol. The topological polar surface area (TPSA) is 93.7 Å². The van der Waals surface area contributed by atoms with Gasteiger partial charge in [-0.3, -0.25) is 0 Å². The highest BCUT2D eigenvalue weighted by molar-refractivity contribution is 14.1. The molecule has 2 bridgehead atoms. The summed E-state index contributed by atoms with van der Waals surface area (Å²) in [7, 11) is 0. The van der Waals surface area contributed by atoms with E-state index >= 15 is 0 Å². The molecule has 3 aromatic rings. The fourth-order valence-corrected chi connectivity index (χ4v) is 7.34. The summed E-state index contributed by atoms with van der Waals surface area (Å²) in [5.41, 5.74) is 1.98. The van der Waals surface area contributed by atoms with Crippen molar-refractivity contribution in [1.82, 2.24) is 24.5 Å². The molecule has 4 aliphatic rings. The number of anilines is 2. The summed E-state index contributed by atoms with van der Waals surface area (Å²) in [4.78, 5) is 10.2. The molecule has 3 aromatic heterocycles. The number of hydrogen-bond acceptors (Lipinski definition) is 8. The Bertz CT molecular complexity index is 1270. The highest BCUT2D eigenvalue weighted by Gasteiger charge is 2.39. The molecule has 10 nitrogen and oxygen atoms in total. The quantitative estimate of drug-likeness (QED) is 0.443. The fraction of sp³-hybridized carbons (Fsp3) is 0.654. The molecule has 5 atom stereocenters. The fourth-order valence-electron chi connectivity index (χ4n) is 6.60. The Kier molecular flexibility index (Phi) is 6.29. The minimum Gasteiger partial charge on any atom is -0.393 e. The van der Waals surface area contributed by atoms with Gasteiger partial charge in [-0.05, 0) is 74.5 Å². The Hall–Kier alpha value is -1.96. The Morgan fingerprint density at radius 1 is 1.05 bits per heavy atom. The number of hydrogen-bond donors (Lipinski definition) is 1. The largest absolute Gasteiger partial charge is 0.393 e. The van der Waals surface area contributed by atoms with Gasteiger partial charge in [-0.25, -0.2) is 9.67 Å². The third-order valence-corrected chi connectivity index (χ3v) is 9.24. The molecule has 1 N–H and O–H groups in total. The lowest BCUT2D eigenvalue weighted by atomic mass is 9.99. The van der Waals surface area contributed by atoms with Crippen LogP contribution >= 0.6 is 22.6 Å². The number of halogens is 1. The van der Waals surface area contributed by atoms with Crippen LogP contribution in [0.1, 0.15) is 58.1 Å². The summed E-state index contributed by atoms with van der Waals surface area (Å²) < 4.78 is 16.6. The summed E-state index contributed by atoms with van der Waals surface area (Å²) in [6.07, 6.45) is 8.76. The zero-order valence-corrected chi connectivity index (χ0v) is 23.3. The van der Waals surface area contributed by atoms with Gasteiger partial charge in [-0.1, -0.05) is 0 Å². The average Bonchev–Trinajstić information content (AvgIpc) is 3.58. The zero-order chi connectivity index (χ0) is 25.1. The number of morpholine rings is 1. The molecule has 0 aliphatic carbocycles. The van der Waals surface area contributed by atoms with Gasteiger partial charge in [0.25, 0.3) is 0 Å². The molecule has 37 heavy (non-hydrogen) atoms. The number of rotatable bonds is 4. The van der Waals surface area contributed by atoms with Crippen LogP contribution in [0.3, 0.4) is 0 Å². The predicted molar refractivity (Wildman–Crippen MR) is 148 cm³/mol. The molecule has 4 unspecified atom stereocenters. The van der Waals surface area contributed by atoms with Gasteiger partial charge in [0.05, 0.1) is 42.5 Å². The van der Waals surface area contributed by atoms with E-state index in [1.165, 1.54) is 0 Å². The van der Waals surface area contributed by atoms with E-state index in [1.54, 1.807) is 0 Å². The molecule has 4 aliphatic heterocycles. The maximum Gasteiger partial charge on any atom is 0.177 e. The van der Waals surface area contributed by atoms with Crippen molar-refractivity contribution in [2.45, 2.75) is 82.3 Å².